The van der Waals surface area contributed by atoms with Crippen molar-refractivity contribution in [3.63, 3.8) is 0 Å². The molecule has 1 amide bonds. The molecule has 3 rings (SSSR count). The van der Waals surface area contributed by atoms with E-state index in [9.17, 15) is 4.79 Å². The van der Waals surface area contributed by atoms with Gasteiger partial charge in [-0.05, 0) is 45.2 Å². The number of nitrogens with zero attached hydrogens (tertiary/aromatic N) is 3. The molecule has 0 saturated heterocycles. The molecular formula is C19H27N5O. The highest BCUT2D eigenvalue weighted by Crippen LogP contribution is 2.24. The Labute approximate surface area is 149 Å². The van der Waals surface area contributed by atoms with Gasteiger partial charge in [-0.1, -0.05) is 6.07 Å². The maximum absolute atomic E-state index is 12.5. The van der Waals surface area contributed by atoms with Gasteiger partial charge in [0.05, 0.1) is 5.69 Å². The molecule has 0 bridgehead atoms. The highest BCUT2D eigenvalue weighted by atomic mass is 16.1. The van der Waals surface area contributed by atoms with E-state index in [2.05, 4.69) is 39.0 Å². The number of nitrogens with one attached hydrogen (secondary N) is 2. The van der Waals surface area contributed by atoms with Crippen LogP contribution in [0.15, 0.2) is 18.3 Å². The van der Waals surface area contributed by atoms with Crippen molar-refractivity contribution < 1.29 is 4.79 Å². The van der Waals surface area contributed by atoms with Gasteiger partial charge in [0.1, 0.15) is 11.6 Å². The molecular weight excluding hydrogens is 314 g/mol. The number of carbonyl (C=O) groups excluding carboxylic acids is 1. The van der Waals surface area contributed by atoms with Crippen LogP contribution in [-0.2, 0) is 24.2 Å². The summed E-state index contributed by atoms with van der Waals surface area (Å²) in [6.45, 7) is 8.61. The fraction of sp³-hybridized carbons (Fsp3) is 0.526. The molecule has 0 radical (unpaired) electrons. The van der Waals surface area contributed by atoms with Crippen LogP contribution in [0.3, 0.4) is 0 Å². The molecule has 1 unspecified atom stereocenters. The SMILES string of the molecule is CCN(CC)c1ccc(CNC(=O)C2CCc3nc(C)[nH]c3C2)cn1. The van der Waals surface area contributed by atoms with Gasteiger partial charge < -0.3 is 15.2 Å². The second-order valence-electron chi connectivity index (χ2n) is 6.60. The Balaban J connectivity index is 1.54. The predicted octanol–water partition coefficient (Wildman–Crippen LogP) is 2.38. The highest BCUT2D eigenvalue weighted by molar-refractivity contribution is 5.79. The van der Waals surface area contributed by atoms with Crippen LogP contribution in [0.5, 0.6) is 0 Å². The Bertz CT molecular complexity index is 718. The van der Waals surface area contributed by atoms with Crippen molar-refractivity contribution in [2.24, 2.45) is 5.92 Å². The van der Waals surface area contributed by atoms with E-state index in [4.69, 9.17) is 0 Å². The first-order valence-corrected chi connectivity index (χ1v) is 9.12. The van der Waals surface area contributed by atoms with Crippen molar-refractivity contribution in [1.82, 2.24) is 20.3 Å². The lowest BCUT2D eigenvalue weighted by Gasteiger charge is -2.21. The summed E-state index contributed by atoms with van der Waals surface area (Å²) in [5.74, 6) is 2.06. The zero-order chi connectivity index (χ0) is 17.8. The van der Waals surface area contributed by atoms with E-state index in [-0.39, 0.29) is 11.8 Å². The lowest BCUT2D eigenvalue weighted by Crippen LogP contribution is -2.33. The Morgan fingerprint density at radius 3 is 2.84 bits per heavy atom. The van der Waals surface area contributed by atoms with Gasteiger partial charge in [0.2, 0.25) is 5.91 Å². The molecule has 2 N–H and O–H groups in total. The molecule has 25 heavy (non-hydrogen) atoms. The number of imidazole rings is 1. The molecule has 0 saturated carbocycles. The number of anilines is 1. The average molecular weight is 341 g/mol. The number of carbonyl (C=O) groups is 1. The molecule has 0 aliphatic heterocycles. The summed E-state index contributed by atoms with van der Waals surface area (Å²) in [7, 11) is 0. The van der Waals surface area contributed by atoms with Crippen LogP contribution < -0.4 is 10.2 Å². The minimum absolute atomic E-state index is 0.0234. The molecule has 1 aliphatic carbocycles. The number of aromatic amines is 1. The third-order valence-electron chi connectivity index (χ3n) is 4.90. The van der Waals surface area contributed by atoms with Crippen LogP contribution >= 0.6 is 0 Å². The molecule has 2 aromatic rings. The highest BCUT2D eigenvalue weighted by Gasteiger charge is 2.26. The van der Waals surface area contributed by atoms with E-state index in [1.807, 2.05) is 25.3 Å². The van der Waals surface area contributed by atoms with Gasteiger partial charge in [-0.3, -0.25) is 4.79 Å². The van der Waals surface area contributed by atoms with Crippen molar-refractivity contribution >= 4 is 11.7 Å². The average Bonchev–Trinajstić information content (AvgIpc) is 3.01. The van der Waals surface area contributed by atoms with Crippen molar-refractivity contribution in [3.8, 4) is 0 Å². The number of rotatable bonds is 6. The number of aryl methyl sites for hydroxylation is 2. The first-order chi connectivity index (χ1) is 12.1. The van der Waals surface area contributed by atoms with Crippen molar-refractivity contribution in [3.05, 3.63) is 41.1 Å². The Morgan fingerprint density at radius 2 is 2.16 bits per heavy atom. The van der Waals surface area contributed by atoms with Crippen LogP contribution in [-0.4, -0.2) is 33.9 Å². The number of hydrogen-bond donors (Lipinski definition) is 2. The van der Waals surface area contributed by atoms with E-state index < -0.39 is 0 Å². The van der Waals surface area contributed by atoms with E-state index in [0.717, 1.165) is 60.9 Å². The molecule has 6 nitrogen and oxygen atoms in total. The van der Waals surface area contributed by atoms with Crippen molar-refractivity contribution in [2.45, 2.75) is 46.6 Å². The van der Waals surface area contributed by atoms with Crippen LogP contribution in [0.4, 0.5) is 5.82 Å². The van der Waals surface area contributed by atoms with Crippen LogP contribution in [0.25, 0.3) is 0 Å². The summed E-state index contributed by atoms with van der Waals surface area (Å²) >= 11 is 0. The van der Waals surface area contributed by atoms with E-state index in [1.165, 1.54) is 0 Å². The first kappa shape index (κ1) is 17.5. The lowest BCUT2D eigenvalue weighted by atomic mass is 9.89. The normalized spacial score (nSPS) is 16.4. The monoisotopic (exact) mass is 341 g/mol. The quantitative estimate of drug-likeness (QED) is 0.846. The molecule has 0 aromatic carbocycles. The zero-order valence-corrected chi connectivity index (χ0v) is 15.3. The van der Waals surface area contributed by atoms with Crippen LogP contribution in [0, 0.1) is 12.8 Å². The van der Waals surface area contributed by atoms with Gasteiger partial charge in [0, 0.05) is 43.9 Å². The third-order valence-corrected chi connectivity index (χ3v) is 4.90. The summed E-state index contributed by atoms with van der Waals surface area (Å²) in [6, 6.07) is 4.06. The summed E-state index contributed by atoms with van der Waals surface area (Å²) in [5.41, 5.74) is 3.27. The number of aromatic nitrogens is 3. The molecule has 0 fully saturated rings. The minimum atomic E-state index is 0.0234. The predicted molar refractivity (Wildman–Crippen MR) is 98.5 cm³/mol. The number of hydrogen-bond acceptors (Lipinski definition) is 4. The minimum Gasteiger partial charge on any atom is -0.357 e. The van der Waals surface area contributed by atoms with Gasteiger partial charge in [-0.2, -0.15) is 0 Å². The van der Waals surface area contributed by atoms with Crippen LogP contribution in [0.2, 0.25) is 0 Å². The van der Waals surface area contributed by atoms with Crippen LogP contribution in [0.1, 0.15) is 43.0 Å². The smallest absolute Gasteiger partial charge is 0.223 e. The van der Waals surface area contributed by atoms with Gasteiger partial charge in [-0.25, -0.2) is 9.97 Å². The zero-order valence-electron chi connectivity index (χ0n) is 15.3. The molecule has 134 valence electrons. The fourth-order valence-corrected chi connectivity index (χ4v) is 3.44. The molecule has 2 heterocycles. The summed E-state index contributed by atoms with van der Waals surface area (Å²) < 4.78 is 0. The van der Waals surface area contributed by atoms with Gasteiger partial charge in [0.25, 0.3) is 0 Å². The third kappa shape index (κ3) is 4.00. The number of pyridine rings is 1. The molecule has 0 spiro atoms. The topological polar surface area (TPSA) is 73.9 Å². The largest absolute Gasteiger partial charge is 0.357 e. The summed E-state index contributed by atoms with van der Waals surface area (Å²) in [4.78, 5) is 26.9. The van der Waals surface area contributed by atoms with Gasteiger partial charge >= 0.3 is 0 Å². The first-order valence-electron chi connectivity index (χ1n) is 9.12. The maximum Gasteiger partial charge on any atom is 0.223 e. The fourth-order valence-electron chi connectivity index (χ4n) is 3.44. The van der Waals surface area contributed by atoms with E-state index >= 15 is 0 Å². The summed E-state index contributed by atoms with van der Waals surface area (Å²) in [6.07, 6.45) is 4.34. The molecule has 1 atom stereocenters. The maximum atomic E-state index is 12.5. The Morgan fingerprint density at radius 1 is 1.36 bits per heavy atom. The summed E-state index contributed by atoms with van der Waals surface area (Å²) in [5, 5.41) is 3.06. The lowest BCUT2D eigenvalue weighted by molar-refractivity contribution is -0.125. The standard InChI is InChI=1S/C19H27N5O/c1-4-24(5-2)18-9-6-14(11-20-18)12-21-19(25)15-7-8-16-17(10-15)23-13(3)22-16/h6,9,11,15H,4-5,7-8,10,12H2,1-3H3,(H,21,25)(H,22,23). The van der Waals surface area contributed by atoms with Crippen molar-refractivity contribution in [1.29, 1.82) is 0 Å². The van der Waals surface area contributed by atoms with E-state index in [1.54, 1.807) is 0 Å². The Hall–Kier alpha value is -2.37. The number of H-pyrrole nitrogens is 1. The molecule has 1 aliphatic rings. The second-order valence-corrected chi connectivity index (χ2v) is 6.60. The number of fused-ring (bicyclic) bond motifs is 1. The van der Waals surface area contributed by atoms with E-state index in [0.29, 0.717) is 6.54 Å². The van der Waals surface area contributed by atoms with Crippen molar-refractivity contribution in [2.75, 3.05) is 18.0 Å². The Kier molecular flexibility index (Phi) is 5.36. The van der Waals surface area contributed by atoms with Gasteiger partial charge in [-0.15, -0.1) is 0 Å². The molecule has 2 aromatic heterocycles. The number of amides is 1. The van der Waals surface area contributed by atoms with Gasteiger partial charge in [0.15, 0.2) is 0 Å². The second kappa shape index (κ2) is 7.68. The molecule has 6 heteroatoms.